The highest BCUT2D eigenvalue weighted by Crippen LogP contribution is 2.36. The molecule has 2 aromatic rings. The van der Waals surface area contributed by atoms with E-state index in [1.54, 1.807) is 0 Å². The van der Waals surface area contributed by atoms with Crippen molar-refractivity contribution in [2.75, 3.05) is 6.54 Å². The molecule has 1 fully saturated rings. The third-order valence-electron chi connectivity index (χ3n) is 5.20. The van der Waals surface area contributed by atoms with Crippen molar-refractivity contribution in [3.8, 4) is 11.1 Å². The Morgan fingerprint density at radius 3 is 2.74 bits per heavy atom. The molecule has 23 heavy (non-hydrogen) atoms. The van der Waals surface area contributed by atoms with Gasteiger partial charge in [0.25, 0.3) is 5.91 Å². The van der Waals surface area contributed by atoms with Gasteiger partial charge < -0.3 is 10.4 Å². The molecule has 0 radical (unpaired) electrons. The molecule has 0 aromatic heterocycles. The first-order chi connectivity index (χ1) is 11.2. The first kappa shape index (κ1) is 14.5. The highest BCUT2D eigenvalue weighted by molar-refractivity contribution is 5.95. The maximum atomic E-state index is 12.4. The molecule has 2 atom stereocenters. The van der Waals surface area contributed by atoms with E-state index in [1.165, 1.54) is 22.3 Å². The zero-order chi connectivity index (χ0) is 15.8. The van der Waals surface area contributed by atoms with E-state index in [0.29, 0.717) is 12.1 Å². The van der Waals surface area contributed by atoms with Gasteiger partial charge in [0.15, 0.2) is 0 Å². The molecule has 0 bridgehead atoms. The zero-order valence-electron chi connectivity index (χ0n) is 13.1. The number of rotatable bonds is 3. The van der Waals surface area contributed by atoms with Gasteiger partial charge in [-0.05, 0) is 53.6 Å². The van der Waals surface area contributed by atoms with E-state index in [1.807, 2.05) is 12.1 Å². The largest absolute Gasteiger partial charge is 0.393 e. The van der Waals surface area contributed by atoms with Crippen molar-refractivity contribution in [2.24, 2.45) is 5.92 Å². The summed E-state index contributed by atoms with van der Waals surface area (Å²) in [4.78, 5) is 12.4. The fourth-order valence-electron chi connectivity index (χ4n) is 3.87. The lowest BCUT2D eigenvalue weighted by atomic mass is 10.0. The fraction of sp³-hybridized carbons (Fsp3) is 0.350. The van der Waals surface area contributed by atoms with Crippen molar-refractivity contribution in [3.63, 3.8) is 0 Å². The van der Waals surface area contributed by atoms with Crippen LogP contribution >= 0.6 is 0 Å². The van der Waals surface area contributed by atoms with Crippen LogP contribution in [0.5, 0.6) is 0 Å². The van der Waals surface area contributed by atoms with Crippen LogP contribution in [0, 0.1) is 5.92 Å². The molecule has 2 aromatic carbocycles. The van der Waals surface area contributed by atoms with Gasteiger partial charge in [-0.15, -0.1) is 0 Å². The lowest BCUT2D eigenvalue weighted by Crippen LogP contribution is -2.32. The van der Waals surface area contributed by atoms with E-state index in [4.69, 9.17) is 0 Å². The van der Waals surface area contributed by atoms with Gasteiger partial charge >= 0.3 is 0 Å². The Bertz CT molecular complexity index is 753. The Morgan fingerprint density at radius 2 is 1.91 bits per heavy atom. The quantitative estimate of drug-likeness (QED) is 0.781. The number of aliphatic hydroxyl groups is 1. The van der Waals surface area contributed by atoms with E-state index >= 15 is 0 Å². The number of fused-ring (bicyclic) bond motifs is 3. The summed E-state index contributed by atoms with van der Waals surface area (Å²) < 4.78 is 0. The smallest absolute Gasteiger partial charge is 0.251 e. The lowest BCUT2D eigenvalue weighted by Gasteiger charge is -2.15. The number of amides is 1. The molecule has 2 unspecified atom stereocenters. The molecular formula is C20H21NO2. The van der Waals surface area contributed by atoms with Gasteiger partial charge in [-0.25, -0.2) is 0 Å². The molecule has 0 spiro atoms. The SMILES string of the molecule is O=C(NCC1CCCC1O)c1ccc2c(c1)Cc1ccccc1-2. The Labute approximate surface area is 136 Å². The van der Waals surface area contributed by atoms with Gasteiger partial charge in [0, 0.05) is 18.0 Å². The molecule has 3 heteroatoms. The molecule has 3 nitrogen and oxygen atoms in total. The Hall–Kier alpha value is -2.13. The molecule has 2 aliphatic carbocycles. The summed E-state index contributed by atoms with van der Waals surface area (Å²) >= 11 is 0. The monoisotopic (exact) mass is 307 g/mol. The van der Waals surface area contributed by atoms with Gasteiger partial charge in [0.2, 0.25) is 0 Å². The van der Waals surface area contributed by atoms with Crippen molar-refractivity contribution in [1.82, 2.24) is 5.32 Å². The van der Waals surface area contributed by atoms with Gasteiger partial charge in [-0.3, -0.25) is 4.79 Å². The molecule has 2 aliphatic rings. The number of nitrogens with one attached hydrogen (secondary N) is 1. The summed E-state index contributed by atoms with van der Waals surface area (Å²) in [5, 5.41) is 12.8. The normalized spacial score (nSPS) is 21.8. The van der Waals surface area contributed by atoms with Gasteiger partial charge in [0.1, 0.15) is 0 Å². The Morgan fingerprint density at radius 1 is 1.09 bits per heavy atom. The number of carbonyl (C=O) groups is 1. The fourth-order valence-corrected chi connectivity index (χ4v) is 3.87. The zero-order valence-corrected chi connectivity index (χ0v) is 13.1. The molecule has 1 saturated carbocycles. The van der Waals surface area contributed by atoms with E-state index in [9.17, 15) is 9.90 Å². The molecule has 1 amide bonds. The van der Waals surface area contributed by atoms with Crippen LogP contribution in [0.2, 0.25) is 0 Å². The van der Waals surface area contributed by atoms with Crippen LogP contribution in [0.3, 0.4) is 0 Å². The van der Waals surface area contributed by atoms with Gasteiger partial charge in [-0.1, -0.05) is 36.8 Å². The van der Waals surface area contributed by atoms with E-state index in [0.717, 1.165) is 25.7 Å². The maximum Gasteiger partial charge on any atom is 0.251 e. The minimum absolute atomic E-state index is 0.0390. The summed E-state index contributed by atoms with van der Waals surface area (Å²) in [7, 11) is 0. The van der Waals surface area contributed by atoms with Crippen LogP contribution in [-0.2, 0) is 6.42 Å². The highest BCUT2D eigenvalue weighted by Gasteiger charge is 2.26. The minimum atomic E-state index is -0.259. The summed E-state index contributed by atoms with van der Waals surface area (Å²) in [6, 6.07) is 14.4. The number of carbonyl (C=O) groups excluding carboxylic acids is 1. The molecular weight excluding hydrogens is 286 g/mol. The van der Waals surface area contributed by atoms with Crippen molar-refractivity contribution in [1.29, 1.82) is 0 Å². The van der Waals surface area contributed by atoms with Crippen LogP contribution in [0.25, 0.3) is 11.1 Å². The maximum absolute atomic E-state index is 12.4. The van der Waals surface area contributed by atoms with E-state index in [-0.39, 0.29) is 17.9 Å². The average molecular weight is 307 g/mol. The van der Waals surface area contributed by atoms with Crippen molar-refractivity contribution < 1.29 is 9.90 Å². The molecule has 0 heterocycles. The average Bonchev–Trinajstić information content (AvgIpc) is 3.15. The van der Waals surface area contributed by atoms with Crippen LogP contribution in [0.1, 0.15) is 40.7 Å². The second-order valence-electron chi connectivity index (χ2n) is 6.67. The second-order valence-corrected chi connectivity index (χ2v) is 6.67. The third-order valence-corrected chi connectivity index (χ3v) is 5.20. The molecule has 0 saturated heterocycles. The predicted octanol–water partition coefficient (Wildman–Crippen LogP) is 3.15. The molecule has 4 rings (SSSR count). The highest BCUT2D eigenvalue weighted by atomic mass is 16.3. The summed E-state index contributed by atoms with van der Waals surface area (Å²) in [6.45, 7) is 0.567. The van der Waals surface area contributed by atoms with Crippen molar-refractivity contribution >= 4 is 5.91 Å². The number of benzene rings is 2. The molecule has 118 valence electrons. The van der Waals surface area contributed by atoms with E-state index in [2.05, 4.69) is 35.6 Å². The Balaban J connectivity index is 1.48. The second kappa shape index (κ2) is 5.82. The Kier molecular flexibility index (Phi) is 3.66. The standard InChI is InChI=1S/C20H21NO2/c22-19-7-3-5-15(19)12-21-20(23)14-8-9-18-16(11-14)10-13-4-1-2-6-17(13)18/h1-2,4,6,8-9,11,15,19,22H,3,5,7,10,12H2,(H,21,23). The van der Waals surface area contributed by atoms with Crippen molar-refractivity contribution in [3.05, 3.63) is 59.2 Å². The van der Waals surface area contributed by atoms with E-state index < -0.39 is 0 Å². The summed E-state index contributed by atoms with van der Waals surface area (Å²) in [5.41, 5.74) is 5.78. The lowest BCUT2D eigenvalue weighted by molar-refractivity contribution is 0.0916. The topological polar surface area (TPSA) is 49.3 Å². The van der Waals surface area contributed by atoms with Crippen molar-refractivity contribution in [2.45, 2.75) is 31.8 Å². The summed E-state index contributed by atoms with van der Waals surface area (Å²) in [6.07, 6.45) is 3.55. The predicted molar refractivity (Wildman–Crippen MR) is 90.4 cm³/mol. The van der Waals surface area contributed by atoms with Crippen LogP contribution < -0.4 is 5.32 Å². The number of hydrogen-bond acceptors (Lipinski definition) is 2. The summed E-state index contributed by atoms with van der Waals surface area (Å²) in [5.74, 6) is 0.167. The minimum Gasteiger partial charge on any atom is -0.393 e. The number of hydrogen-bond donors (Lipinski definition) is 2. The van der Waals surface area contributed by atoms with Crippen LogP contribution in [-0.4, -0.2) is 23.7 Å². The van der Waals surface area contributed by atoms with Crippen LogP contribution in [0.4, 0.5) is 0 Å². The van der Waals surface area contributed by atoms with Gasteiger partial charge in [-0.2, -0.15) is 0 Å². The van der Waals surface area contributed by atoms with Gasteiger partial charge in [0.05, 0.1) is 6.10 Å². The molecule has 2 N–H and O–H groups in total. The first-order valence-electron chi connectivity index (χ1n) is 8.40. The number of aliphatic hydroxyl groups excluding tert-OH is 1. The third kappa shape index (κ3) is 2.66. The van der Waals surface area contributed by atoms with Crippen LogP contribution in [0.15, 0.2) is 42.5 Å². The first-order valence-corrected chi connectivity index (χ1v) is 8.40. The molecule has 0 aliphatic heterocycles.